The van der Waals surface area contributed by atoms with Gasteiger partial charge in [0.1, 0.15) is 0 Å². The van der Waals surface area contributed by atoms with Gasteiger partial charge in [-0.2, -0.15) is 8.42 Å². The molecule has 0 spiro atoms. The van der Waals surface area contributed by atoms with Crippen LogP contribution in [0.5, 0.6) is 0 Å². The molecule has 8 heteroatoms. The molecule has 1 N–H and O–H groups in total. The van der Waals surface area contributed by atoms with Crippen LogP contribution in [0.15, 0.2) is 0 Å². The fourth-order valence-electron chi connectivity index (χ4n) is 2.55. The van der Waals surface area contributed by atoms with E-state index in [9.17, 15) is 21.9 Å². The van der Waals surface area contributed by atoms with E-state index in [0.29, 0.717) is 0 Å². The van der Waals surface area contributed by atoms with Crippen molar-refractivity contribution >= 4 is 22.1 Å². The van der Waals surface area contributed by atoms with Gasteiger partial charge in [0.15, 0.2) is 0 Å². The first-order valence-electron chi connectivity index (χ1n) is 6.33. The summed E-state index contributed by atoms with van der Waals surface area (Å²) in [6.45, 7) is 5.52. The van der Waals surface area contributed by atoms with E-state index in [1.54, 1.807) is 0 Å². The Morgan fingerprint density at radius 1 is 1.50 bits per heavy atom. The number of amides is 1. The molecule has 116 valence electrons. The van der Waals surface area contributed by atoms with Crippen LogP contribution in [0.3, 0.4) is 0 Å². The molecule has 0 radical (unpaired) electrons. The van der Waals surface area contributed by atoms with Crippen LogP contribution in [-0.2, 0) is 19.8 Å². The summed E-state index contributed by atoms with van der Waals surface area (Å²) < 4.78 is 34.0. The topological polar surface area (TPSA) is 91.8 Å². The maximum absolute atomic E-state index is 12.7. The van der Waals surface area contributed by atoms with Gasteiger partial charge in [-0.15, -0.1) is 3.89 Å². The number of likely N-dealkylation sites (tertiary alicyclic amines) is 1. The van der Waals surface area contributed by atoms with Gasteiger partial charge in [-0.3, -0.25) is 9.59 Å². The zero-order valence-electron chi connectivity index (χ0n) is 11.8. The van der Waals surface area contributed by atoms with Crippen LogP contribution < -0.4 is 0 Å². The van der Waals surface area contributed by atoms with E-state index in [-0.39, 0.29) is 25.3 Å². The molecule has 0 aromatic carbocycles. The average Bonchev–Trinajstić information content (AvgIpc) is 2.50. The summed E-state index contributed by atoms with van der Waals surface area (Å²) in [5.41, 5.74) is -0.461. The zero-order valence-corrected chi connectivity index (χ0v) is 12.6. The van der Waals surface area contributed by atoms with Gasteiger partial charge in [0.2, 0.25) is 5.91 Å². The van der Waals surface area contributed by atoms with Crippen LogP contribution in [0.1, 0.15) is 33.6 Å². The Morgan fingerprint density at radius 2 is 2.05 bits per heavy atom. The molecular weight excluding hydrogens is 289 g/mol. The number of halogens is 1. The van der Waals surface area contributed by atoms with Gasteiger partial charge < -0.3 is 10.0 Å². The van der Waals surface area contributed by atoms with Gasteiger partial charge in [0.05, 0.1) is 12.2 Å². The Balaban J connectivity index is 2.88. The molecule has 0 aromatic heterocycles. The molecule has 0 aromatic rings. The Kier molecular flexibility index (Phi) is 4.78. The van der Waals surface area contributed by atoms with Crippen LogP contribution in [-0.4, -0.2) is 48.6 Å². The molecule has 1 heterocycles. The van der Waals surface area contributed by atoms with E-state index < -0.39 is 39.3 Å². The number of carbonyl (C=O) groups excluding carboxylic acids is 1. The maximum Gasteiger partial charge on any atom is 0.305 e. The van der Waals surface area contributed by atoms with Crippen LogP contribution in [0.2, 0.25) is 0 Å². The minimum Gasteiger partial charge on any atom is -0.481 e. The highest BCUT2D eigenvalue weighted by atomic mass is 32.3. The molecule has 1 fully saturated rings. The van der Waals surface area contributed by atoms with Crippen LogP contribution in [0.4, 0.5) is 3.89 Å². The molecule has 20 heavy (non-hydrogen) atoms. The Hall–Kier alpha value is -1.18. The Morgan fingerprint density at radius 3 is 2.45 bits per heavy atom. The molecule has 0 bridgehead atoms. The van der Waals surface area contributed by atoms with Crippen molar-refractivity contribution in [2.45, 2.75) is 39.7 Å². The number of carboxylic acids is 1. The van der Waals surface area contributed by atoms with Gasteiger partial charge in [0.25, 0.3) is 0 Å². The van der Waals surface area contributed by atoms with Crippen molar-refractivity contribution in [3.63, 3.8) is 0 Å². The number of hydrogen-bond donors (Lipinski definition) is 1. The third-order valence-electron chi connectivity index (χ3n) is 3.42. The molecule has 6 nitrogen and oxygen atoms in total. The van der Waals surface area contributed by atoms with E-state index in [4.69, 9.17) is 5.11 Å². The Labute approximate surface area is 118 Å². The molecule has 2 atom stereocenters. The second-order valence-electron chi connectivity index (χ2n) is 6.30. The standard InChI is InChI=1S/C12H20FNO5S/c1-12(2,3)9(5-11(16)17)14-6-8(4-10(14)15)7-20(13,18)19/h8-9H,4-7H2,1-3H3,(H,16,17). The first-order valence-corrected chi connectivity index (χ1v) is 7.89. The van der Waals surface area contributed by atoms with Crippen LogP contribution in [0.25, 0.3) is 0 Å². The summed E-state index contributed by atoms with van der Waals surface area (Å²) >= 11 is 0. The molecule has 1 amide bonds. The SMILES string of the molecule is CC(C)(C)C(CC(=O)O)N1CC(CS(=O)(=O)F)CC1=O. The third kappa shape index (κ3) is 4.73. The summed E-state index contributed by atoms with van der Waals surface area (Å²) in [5.74, 6) is -2.66. The fourth-order valence-corrected chi connectivity index (χ4v) is 3.34. The van der Waals surface area contributed by atoms with Crippen LogP contribution in [0, 0.1) is 11.3 Å². The van der Waals surface area contributed by atoms with Crippen molar-refractivity contribution in [2.24, 2.45) is 11.3 Å². The lowest BCUT2D eigenvalue weighted by atomic mass is 9.83. The number of nitrogens with zero attached hydrogens (tertiary/aromatic N) is 1. The first-order chi connectivity index (χ1) is 8.90. The molecule has 1 saturated heterocycles. The van der Waals surface area contributed by atoms with E-state index in [1.807, 2.05) is 20.8 Å². The summed E-state index contributed by atoms with van der Waals surface area (Å²) in [4.78, 5) is 24.3. The van der Waals surface area contributed by atoms with Crippen molar-refractivity contribution in [3.8, 4) is 0 Å². The summed E-state index contributed by atoms with van der Waals surface area (Å²) in [5, 5.41) is 8.95. The minimum atomic E-state index is -4.63. The molecule has 1 rings (SSSR count). The van der Waals surface area contributed by atoms with Crippen molar-refractivity contribution in [3.05, 3.63) is 0 Å². The predicted octanol–water partition coefficient (Wildman–Crippen LogP) is 1.02. The third-order valence-corrected chi connectivity index (χ3v) is 4.29. The average molecular weight is 309 g/mol. The fraction of sp³-hybridized carbons (Fsp3) is 0.833. The number of hydrogen-bond acceptors (Lipinski definition) is 4. The normalized spacial score (nSPS) is 22.1. The quantitative estimate of drug-likeness (QED) is 0.766. The number of carboxylic acid groups (broad SMARTS) is 1. The van der Waals surface area contributed by atoms with Gasteiger partial charge in [0, 0.05) is 24.9 Å². The zero-order chi connectivity index (χ0) is 15.7. The van der Waals surface area contributed by atoms with Gasteiger partial charge in [-0.05, 0) is 5.41 Å². The van der Waals surface area contributed by atoms with Crippen molar-refractivity contribution in [1.82, 2.24) is 4.90 Å². The lowest BCUT2D eigenvalue weighted by Crippen LogP contribution is -2.46. The number of aliphatic carboxylic acids is 1. The number of rotatable bonds is 5. The lowest BCUT2D eigenvalue weighted by molar-refractivity contribution is -0.141. The van der Waals surface area contributed by atoms with Crippen molar-refractivity contribution in [1.29, 1.82) is 0 Å². The second-order valence-corrected chi connectivity index (χ2v) is 7.71. The smallest absolute Gasteiger partial charge is 0.305 e. The van der Waals surface area contributed by atoms with Gasteiger partial charge in [-0.1, -0.05) is 20.8 Å². The van der Waals surface area contributed by atoms with E-state index in [2.05, 4.69) is 0 Å². The molecule has 1 aliphatic heterocycles. The highest BCUT2D eigenvalue weighted by Crippen LogP contribution is 2.32. The van der Waals surface area contributed by atoms with Gasteiger partial charge >= 0.3 is 16.2 Å². The monoisotopic (exact) mass is 309 g/mol. The van der Waals surface area contributed by atoms with E-state index >= 15 is 0 Å². The van der Waals surface area contributed by atoms with Gasteiger partial charge in [-0.25, -0.2) is 0 Å². The largest absolute Gasteiger partial charge is 0.481 e. The minimum absolute atomic E-state index is 0.0602. The molecule has 0 aliphatic carbocycles. The highest BCUT2D eigenvalue weighted by molar-refractivity contribution is 7.86. The Bertz CT molecular complexity index is 496. The molecule has 1 aliphatic rings. The summed E-state index contributed by atoms with van der Waals surface area (Å²) in [7, 11) is -4.63. The lowest BCUT2D eigenvalue weighted by Gasteiger charge is -2.37. The predicted molar refractivity (Wildman–Crippen MR) is 70.2 cm³/mol. The van der Waals surface area contributed by atoms with Crippen molar-refractivity contribution < 1.29 is 27.0 Å². The first kappa shape index (κ1) is 16.9. The van der Waals surface area contributed by atoms with Crippen molar-refractivity contribution in [2.75, 3.05) is 12.3 Å². The van der Waals surface area contributed by atoms with Crippen LogP contribution >= 0.6 is 0 Å². The summed E-state index contributed by atoms with van der Waals surface area (Å²) in [6, 6.07) is -0.542. The molecular formula is C12H20FNO5S. The maximum atomic E-state index is 12.7. The second kappa shape index (κ2) is 5.67. The molecule has 2 unspecified atom stereocenters. The van der Waals surface area contributed by atoms with E-state index in [0.717, 1.165) is 0 Å². The van der Waals surface area contributed by atoms with E-state index in [1.165, 1.54) is 4.90 Å². The summed E-state index contributed by atoms with van der Waals surface area (Å²) in [6.07, 6.45) is -0.278. The molecule has 0 saturated carbocycles. The highest BCUT2D eigenvalue weighted by Gasteiger charge is 2.41. The number of carbonyl (C=O) groups is 2.